The highest BCUT2D eigenvalue weighted by Gasteiger charge is 2.20. The van der Waals surface area contributed by atoms with Crippen LogP contribution in [0.25, 0.3) is 0 Å². The lowest BCUT2D eigenvalue weighted by atomic mass is 9.84. The van der Waals surface area contributed by atoms with Crippen LogP contribution in [0, 0.1) is 6.92 Å². The van der Waals surface area contributed by atoms with Crippen LogP contribution in [0.15, 0.2) is 36.4 Å². The van der Waals surface area contributed by atoms with E-state index in [1.165, 1.54) is 30.4 Å². The summed E-state index contributed by atoms with van der Waals surface area (Å²) in [6.07, 6.45) is 5.81. The van der Waals surface area contributed by atoms with Crippen LogP contribution in [-0.2, 0) is 6.42 Å². The van der Waals surface area contributed by atoms with Gasteiger partial charge >= 0.3 is 0 Å². The van der Waals surface area contributed by atoms with Crippen LogP contribution in [0.5, 0.6) is 11.5 Å². The molecule has 0 aliphatic carbocycles. The van der Waals surface area contributed by atoms with E-state index in [-0.39, 0.29) is 11.7 Å². The first kappa shape index (κ1) is 17.4. The lowest BCUT2D eigenvalue weighted by molar-refractivity contribution is 0.455. The van der Waals surface area contributed by atoms with Gasteiger partial charge in [-0.2, -0.15) is 0 Å². The predicted octanol–water partition coefficient (Wildman–Crippen LogP) is 5.68. The van der Waals surface area contributed by atoms with Crippen molar-refractivity contribution in [1.29, 1.82) is 0 Å². The first-order valence-corrected chi connectivity index (χ1v) is 8.65. The summed E-state index contributed by atoms with van der Waals surface area (Å²) in [5.74, 6) is 0.590. The second kappa shape index (κ2) is 8.05. The number of para-hydroxylation sites is 1. The maximum atomic E-state index is 10.5. The molecule has 2 N–H and O–H groups in total. The third-order valence-electron chi connectivity index (χ3n) is 4.68. The third-order valence-corrected chi connectivity index (χ3v) is 4.68. The number of unbranched alkanes of at least 4 members (excludes halogenated alkanes) is 3. The van der Waals surface area contributed by atoms with Gasteiger partial charge in [0.15, 0.2) is 0 Å². The minimum atomic E-state index is -0.0303. The largest absolute Gasteiger partial charge is 0.508 e. The molecular formula is C21H28O2. The molecule has 0 aliphatic heterocycles. The predicted molar refractivity (Wildman–Crippen MR) is 96.3 cm³/mol. The van der Waals surface area contributed by atoms with Gasteiger partial charge in [-0.05, 0) is 43.0 Å². The van der Waals surface area contributed by atoms with Crippen molar-refractivity contribution in [1.82, 2.24) is 0 Å². The Kier molecular flexibility index (Phi) is 6.09. The first-order valence-electron chi connectivity index (χ1n) is 8.65. The smallest absolute Gasteiger partial charge is 0.119 e. The minimum absolute atomic E-state index is 0.0303. The van der Waals surface area contributed by atoms with Crippen molar-refractivity contribution in [3.63, 3.8) is 0 Å². The molecule has 0 fully saturated rings. The Hall–Kier alpha value is -1.96. The normalized spacial score (nSPS) is 12.3. The maximum Gasteiger partial charge on any atom is 0.119 e. The molecule has 2 aromatic carbocycles. The zero-order valence-electron chi connectivity index (χ0n) is 14.5. The van der Waals surface area contributed by atoms with Crippen LogP contribution in [0.1, 0.15) is 67.7 Å². The average Bonchev–Trinajstić information content (AvgIpc) is 2.54. The van der Waals surface area contributed by atoms with Crippen LogP contribution < -0.4 is 0 Å². The lowest BCUT2D eigenvalue weighted by Crippen LogP contribution is -2.04. The Morgan fingerprint density at radius 2 is 1.65 bits per heavy atom. The second-order valence-corrected chi connectivity index (χ2v) is 6.38. The number of hydrogen-bond donors (Lipinski definition) is 2. The fraction of sp³-hybridized carbons (Fsp3) is 0.429. The van der Waals surface area contributed by atoms with Gasteiger partial charge < -0.3 is 10.2 Å². The van der Waals surface area contributed by atoms with Crippen LogP contribution in [0.4, 0.5) is 0 Å². The molecule has 1 atom stereocenters. The number of benzene rings is 2. The van der Waals surface area contributed by atoms with Gasteiger partial charge in [-0.15, -0.1) is 0 Å². The van der Waals surface area contributed by atoms with E-state index in [2.05, 4.69) is 20.8 Å². The van der Waals surface area contributed by atoms with Crippen molar-refractivity contribution in [2.24, 2.45) is 0 Å². The highest BCUT2D eigenvalue weighted by atomic mass is 16.3. The molecule has 1 unspecified atom stereocenters. The van der Waals surface area contributed by atoms with Crippen molar-refractivity contribution in [3.05, 3.63) is 58.7 Å². The summed E-state index contributed by atoms with van der Waals surface area (Å²) in [7, 11) is 0. The van der Waals surface area contributed by atoms with Gasteiger partial charge in [-0.3, -0.25) is 0 Å². The van der Waals surface area contributed by atoms with Crippen molar-refractivity contribution in [3.8, 4) is 11.5 Å². The molecule has 2 rings (SSSR count). The second-order valence-electron chi connectivity index (χ2n) is 6.38. The number of aryl methyl sites for hydroxylation is 1. The number of aromatic hydroxyl groups is 2. The minimum Gasteiger partial charge on any atom is -0.508 e. The Bertz CT molecular complexity index is 646. The summed E-state index contributed by atoms with van der Waals surface area (Å²) in [6.45, 7) is 6.38. The van der Waals surface area contributed by atoms with E-state index in [0.717, 1.165) is 24.0 Å². The molecule has 0 radical (unpaired) electrons. The average molecular weight is 312 g/mol. The number of rotatable bonds is 7. The van der Waals surface area contributed by atoms with Gasteiger partial charge in [-0.1, -0.05) is 57.4 Å². The van der Waals surface area contributed by atoms with Crippen molar-refractivity contribution >= 4 is 0 Å². The molecule has 0 spiro atoms. The molecule has 124 valence electrons. The highest BCUT2D eigenvalue weighted by molar-refractivity contribution is 5.51. The van der Waals surface area contributed by atoms with Gasteiger partial charge in [0.2, 0.25) is 0 Å². The van der Waals surface area contributed by atoms with Gasteiger partial charge in [0, 0.05) is 17.0 Å². The maximum absolute atomic E-state index is 10.5. The van der Waals surface area contributed by atoms with E-state index in [1.807, 2.05) is 24.3 Å². The molecule has 2 aromatic rings. The molecular weight excluding hydrogens is 284 g/mol. The number of hydrogen-bond acceptors (Lipinski definition) is 2. The standard InChI is InChI=1S/C21H28O2/c1-4-5-6-7-10-17-15(2)13-14-20(23)21(17)16(3)18-11-8-9-12-19(18)22/h8-9,11-14,16,22-23H,4-7,10H2,1-3H3. The molecule has 0 heterocycles. The molecule has 0 amide bonds. The summed E-state index contributed by atoms with van der Waals surface area (Å²) in [4.78, 5) is 0. The van der Waals surface area contributed by atoms with E-state index < -0.39 is 0 Å². The van der Waals surface area contributed by atoms with Crippen molar-refractivity contribution < 1.29 is 10.2 Å². The van der Waals surface area contributed by atoms with E-state index in [0.29, 0.717) is 5.75 Å². The Balaban J connectivity index is 2.36. The van der Waals surface area contributed by atoms with E-state index >= 15 is 0 Å². The topological polar surface area (TPSA) is 40.5 Å². The summed E-state index contributed by atoms with van der Waals surface area (Å²) in [5.41, 5.74) is 4.28. The molecule has 0 saturated carbocycles. The third kappa shape index (κ3) is 4.07. The molecule has 0 saturated heterocycles. The molecule has 23 heavy (non-hydrogen) atoms. The quantitative estimate of drug-likeness (QED) is 0.646. The van der Waals surface area contributed by atoms with Gasteiger partial charge in [-0.25, -0.2) is 0 Å². The van der Waals surface area contributed by atoms with Crippen LogP contribution >= 0.6 is 0 Å². The van der Waals surface area contributed by atoms with E-state index in [4.69, 9.17) is 0 Å². The summed E-state index contributed by atoms with van der Waals surface area (Å²) < 4.78 is 0. The number of phenolic OH excluding ortho intramolecular Hbond substituents is 2. The Morgan fingerprint density at radius 3 is 2.35 bits per heavy atom. The zero-order chi connectivity index (χ0) is 16.8. The van der Waals surface area contributed by atoms with Crippen molar-refractivity contribution in [2.75, 3.05) is 0 Å². The van der Waals surface area contributed by atoms with Crippen molar-refractivity contribution in [2.45, 2.75) is 58.8 Å². The fourth-order valence-electron chi connectivity index (χ4n) is 3.31. The lowest BCUT2D eigenvalue weighted by Gasteiger charge is -2.21. The molecule has 0 aliphatic rings. The monoisotopic (exact) mass is 312 g/mol. The Labute approximate surface area is 139 Å². The van der Waals surface area contributed by atoms with Crippen LogP contribution in [0.2, 0.25) is 0 Å². The zero-order valence-corrected chi connectivity index (χ0v) is 14.5. The van der Waals surface area contributed by atoms with Gasteiger partial charge in [0.25, 0.3) is 0 Å². The van der Waals surface area contributed by atoms with Gasteiger partial charge in [0.05, 0.1) is 0 Å². The molecule has 2 heteroatoms. The molecule has 2 nitrogen and oxygen atoms in total. The summed E-state index contributed by atoms with van der Waals surface area (Å²) >= 11 is 0. The molecule has 0 bridgehead atoms. The van der Waals surface area contributed by atoms with Crippen LogP contribution in [-0.4, -0.2) is 10.2 Å². The number of phenols is 2. The van der Waals surface area contributed by atoms with Gasteiger partial charge in [0.1, 0.15) is 11.5 Å². The first-order chi connectivity index (χ1) is 11.1. The Morgan fingerprint density at radius 1 is 0.913 bits per heavy atom. The summed E-state index contributed by atoms with van der Waals surface area (Å²) in [6, 6.07) is 11.2. The summed E-state index contributed by atoms with van der Waals surface area (Å²) in [5, 5.41) is 20.6. The van der Waals surface area contributed by atoms with E-state index in [9.17, 15) is 10.2 Å². The highest BCUT2D eigenvalue weighted by Crippen LogP contribution is 2.39. The molecule has 0 aromatic heterocycles. The fourth-order valence-corrected chi connectivity index (χ4v) is 3.31. The SMILES string of the molecule is CCCCCCc1c(C)ccc(O)c1C(C)c1ccccc1O. The van der Waals surface area contributed by atoms with E-state index in [1.54, 1.807) is 12.1 Å². The van der Waals surface area contributed by atoms with Crippen LogP contribution in [0.3, 0.4) is 0 Å².